The van der Waals surface area contributed by atoms with Gasteiger partial charge in [-0.3, -0.25) is 4.79 Å². The number of oxazole rings is 1. The summed E-state index contributed by atoms with van der Waals surface area (Å²) in [5.74, 6) is -1.21. The van der Waals surface area contributed by atoms with Crippen LogP contribution in [0, 0.1) is 0 Å². The van der Waals surface area contributed by atoms with Crippen molar-refractivity contribution in [3.05, 3.63) is 34.8 Å². The van der Waals surface area contributed by atoms with Crippen molar-refractivity contribution in [3.63, 3.8) is 0 Å². The molecule has 1 aromatic heterocycles. The van der Waals surface area contributed by atoms with Crippen molar-refractivity contribution in [2.75, 3.05) is 6.61 Å². The topological polar surface area (TPSA) is 134 Å². The van der Waals surface area contributed by atoms with Crippen LogP contribution in [0.25, 0.3) is 11.1 Å². The molecule has 3 rings (SSSR count). The first-order valence-corrected chi connectivity index (χ1v) is 7.43. The molecule has 0 bridgehead atoms. The second kappa shape index (κ2) is 6.36. The maximum Gasteiger partial charge on any atom is 0.422 e. The summed E-state index contributed by atoms with van der Waals surface area (Å²) in [6.45, 7) is 0.677. The van der Waals surface area contributed by atoms with Crippen LogP contribution in [0.15, 0.2) is 33.5 Å². The van der Waals surface area contributed by atoms with E-state index in [0.717, 1.165) is 4.57 Å². The van der Waals surface area contributed by atoms with E-state index in [-0.39, 0.29) is 0 Å². The van der Waals surface area contributed by atoms with Gasteiger partial charge in [-0.1, -0.05) is 12.1 Å². The van der Waals surface area contributed by atoms with Gasteiger partial charge in [0.25, 0.3) is 0 Å². The Labute approximate surface area is 136 Å². The molecule has 1 saturated heterocycles. The SMILES string of the molecule is CC(=O)N[C@H]1[C@@H](O)[C@H](O)[C@@H](CO)O[C@H]1n1c(=O)oc2ccccc21. The number of hydrogen-bond donors (Lipinski definition) is 4. The molecule has 1 amide bonds. The van der Waals surface area contributed by atoms with E-state index >= 15 is 0 Å². The number of fused-ring (bicyclic) bond motifs is 1. The molecule has 1 aromatic carbocycles. The number of nitrogens with one attached hydrogen (secondary N) is 1. The average Bonchev–Trinajstić information content (AvgIpc) is 2.88. The minimum Gasteiger partial charge on any atom is -0.408 e. The second-order valence-electron chi connectivity index (χ2n) is 5.66. The summed E-state index contributed by atoms with van der Waals surface area (Å²) >= 11 is 0. The Hall–Kier alpha value is -2.20. The van der Waals surface area contributed by atoms with E-state index < -0.39 is 48.9 Å². The molecule has 5 atom stereocenters. The molecule has 0 spiro atoms. The molecule has 2 heterocycles. The quantitative estimate of drug-likeness (QED) is 0.547. The zero-order chi connectivity index (χ0) is 17.4. The van der Waals surface area contributed by atoms with Gasteiger partial charge in [-0.15, -0.1) is 0 Å². The lowest BCUT2D eigenvalue weighted by Gasteiger charge is -2.42. The minimum atomic E-state index is -1.44. The summed E-state index contributed by atoms with van der Waals surface area (Å²) in [6, 6.07) is 5.51. The molecule has 0 aliphatic carbocycles. The highest BCUT2D eigenvalue weighted by atomic mass is 16.5. The van der Waals surface area contributed by atoms with E-state index in [1.807, 2.05) is 0 Å². The highest BCUT2D eigenvalue weighted by Crippen LogP contribution is 2.30. The standard InChI is InChI=1S/C15H18N2O7/c1-7(19)16-11-13(21)12(20)10(6-18)23-14(11)17-8-4-2-3-5-9(8)24-15(17)22/h2-5,10-14,18,20-21H,6H2,1H3,(H,16,19)/t10-,11+,12-,13-,14-/m1/s1. The van der Waals surface area contributed by atoms with Gasteiger partial charge in [0.15, 0.2) is 11.8 Å². The van der Waals surface area contributed by atoms with Crippen LogP contribution >= 0.6 is 0 Å². The number of para-hydroxylation sites is 2. The van der Waals surface area contributed by atoms with E-state index in [9.17, 15) is 24.9 Å². The Bertz CT molecular complexity index is 798. The number of aromatic nitrogens is 1. The van der Waals surface area contributed by atoms with Crippen LogP contribution in [0.4, 0.5) is 0 Å². The molecule has 1 aliphatic heterocycles. The number of nitrogens with zero attached hydrogens (tertiary/aromatic N) is 1. The van der Waals surface area contributed by atoms with Crippen molar-refractivity contribution in [1.29, 1.82) is 0 Å². The van der Waals surface area contributed by atoms with Gasteiger partial charge >= 0.3 is 5.76 Å². The fraction of sp³-hybridized carbons (Fsp3) is 0.467. The van der Waals surface area contributed by atoms with Crippen LogP contribution < -0.4 is 11.1 Å². The average molecular weight is 338 g/mol. The minimum absolute atomic E-state index is 0.314. The molecule has 130 valence electrons. The van der Waals surface area contributed by atoms with Crippen LogP contribution in [-0.2, 0) is 9.53 Å². The second-order valence-corrected chi connectivity index (χ2v) is 5.66. The van der Waals surface area contributed by atoms with Crippen LogP contribution in [-0.4, -0.2) is 56.8 Å². The van der Waals surface area contributed by atoms with Gasteiger partial charge in [0.2, 0.25) is 5.91 Å². The Kier molecular flexibility index (Phi) is 4.41. The molecule has 0 unspecified atom stereocenters. The molecule has 0 radical (unpaired) electrons. The summed E-state index contributed by atoms with van der Waals surface area (Å²) in [5, 5.41) is 32.2. The Morgan fingerprint density at radius 3 is 2.67 bits per heavy atom. The molecule has 4 N–H and O–H groups in total. The number of aliphatic hydroxyl groups excluding tert-OH is 3. The highest BCUT2D eigenvalue weighted by Gasteiger charge is 2.46. The third-order valence-corrected chi connectivity index (χ3v) is 4.04. The Balaban J connectivity index is 2.11. The van der Waals surface area contributed by atoms with E-state index in [1.165, 1.54) is 6.92 Å². The lowest BCUT2D eigenvalue weighted by atomic mass is 9.95. The summed E-state index contributed by atoms with van der Waals surface area (Å²) in [4.78, 5) is 23.7. The zero-order valence-electron chi connectivity index (χ0n) is 12.8. The van der Waals surface area contributed by atoms with E-state index in [0.29, 0.717) is 11.1 Å². The van der Waals surface area contributed by atoms with Gasteiger partial charge in [0, 0.05) is 6.92 Å². The third kappa shape index (κ3) is 2.71. The number of rotatable bonds is 3. The first kappa shape index (κ1) is 16.7. The fourth-order valence-electron chi connectivity index (χ4n) is 2.93. The van der Waals surface area contributed by atoms with Crippen LogP contribution in [0.1, 0.15) is 13.2 Å². The number of aliphatic hydroxyl groups is 3. The molecule has 9 heteroatoms. The summed E-state index contributed by atoms with van der Waals surface area (Å²) in [6.07, 6.45) is -5.13. The highest BCUT2D eigenvalue weighted by molar-refractivity contribution is 5.74. The van der Waals surface area contributed by atoms with Crippen molar-refractivity contribution in [3.8, 4) is 0 Å². The summed E-state index contributed by atoms with van der Waals surface area (Å²) in [5.41, 5.74) is 0.719. The number of amides is 1. The number of hydrogen-bond acceptors (Lipinski definition) is 7. The third-order valence-electron chi connectivity index (χ3n) is 4.04. The van der Waals surface area contributed by atoms with Crippen molar-refractivity contribution in [1.82, 2.24) is 9.88 Å². The van der Waals surface area contributed by atoms with E-state index in [2.05, 4.69) is 5.32 Å². The monoisotopic (exact) mass is 338 g/mol. The predicted molar refractivity (Wildman–Crippen MR) is 81.1 cm³/mol. The molecule has 1 fully saturated rings. The van der Waals surface area contributed by atoms with Gasteiger partial charge in [-0.05, 0) is 12.1 Å². The smallest absolute Gasteiger partial charge is 0.408 e. The predicted octanol–water partition coefficient (Wildman–Crippen LogP) is -1.29. The van der Waals surface area contributed by atoms with Crippen LogP contribution in [0.5, 0.6) is 0 Å². The van der Waals surface area contributed by atoms with E-state index in [4.69, 9.17) is 9.15 Å². The molecule has 1 aliphatic rings. The lowest BCUT2D eigenvalue weighted by Crippen LogP contribution is -2.62. The zero-order valence-corrected chi connectivity index (χ0v) is 12.8. The number of carbonyl (C=O) groups excluding carboxylic acids is 1. The first-order chi connectivity index (χ1) is 11.4. The van der Waals surface area contributed by atoms with Crippen molar-refractivity contribution in [2.45, 2.75) is 37.5 Å². The number of benzene rings is 1. The van der Waals surface area contributed by atoms with Gasteiger partial charge in [-0.2, -0.15) is 0 Å². The summed E-state index contributed by atoms with van der Waals surface area (Å²) in [7, 11) is 0. The van der Waals surface area contributed by atoms with Crippen molar-refractivity contribution >= 4 is 17.0 Å². The molecule has 24 heavy (non-hydrogen) atoms. The van der Waals surface area contributed by atoms with Crippen LogP contribution in [0.2, 0.25) is 0 Å². The fourth-order valence-corrected chi connectivity index (χ4v) is 2.93. The first-order valence-electron chi connectivity index (χ1n) is 7.43. The Morgan fingerprint density at radius 1 is 1.29 bits per heavy atom. The molecular weight excluding hydrogens is 320 g/mol. The van der Waals surface area contributed by atoms with Gasteiger partial charge in [0.05, 0.1) is 12.1 Å². The largest absolute Gasteiger partial charge is 0.422 e. The number of ether oxygens (including phenoxy) is 1. The summed E-state index contributed by atoms with van der Waals surface area (Å²) < 4.78 is 11.9. The maximum absolute atomic E-state index is 12.2. The van der Waals surface area contributed by atoms with Crippen molar-refractivity contribution < 1.29 is 29.3 Å². The van der Waals surface area contributed by atoms with E-state index in [1.54, 1.807) is 24.3 Å². The van der Waals surface area contributed by atoms with Gasteiger partial charge in [0.1, 0.15) is 24.4 Å². The number of carbonyl (C=O) groups is 1. The molecule has 0 saturated carbocycles. The molecule has 9 nitrogen and oxygen atoms in total. The van der Waals surface area contributed by atoms with Gasteiger partial charge in [-0.25, -0.2) is 9.36 Å². The van der Waals surface area contributed by atoms with Crippen LogP contribution in [0.3, 0.4) is 0 Å². The maximum atomic E-state index is 12.2. The lowest BCUT2D eigenvalue weighted by molar-refractivity contribution is -0.216. The van der Waals surface area contributed by atoms with Crippen molar-refractivity contribution in [2.24, 2.45) is 0 Å². The molecule has 2 aromatic rings. The Morgan fingerprint density at radius 2 is 2.00 bits per heavy atom. The normalized spacial score (nSPS) is 30.4. The molecular formula is C15H18N2O7. The van der Waals surface area contributed by atoms with Gasteiger partial charge < -0.3 is 29.8 Å².